The highest BCUT2D eigenvalue weighted by molar-refractivity contribution is 7.91. The molecule has 0 radical (unpaired) electrons. The fourth-order valence-corrected chi connectivity index (χ4v) is 3.99. The number of sulfone groups is 1. The van der Waals surface area contributed by atoms with Gasteiger partial charge in [0.2, 0.25) is 5.91 Å². The van der Waals surface area contributed by atoms with Gasteiger partial charge >= 0.3 is 6.03 Å². The van der Waals surface area contributed by atoms with Gasteiger partial charge in [-0.2, -0.15) is 0 Å². The van der Waals surface area contributed by atoms with E-state index in [9.17, 15) is 18.0 Å². The van der Waals surface area contributed by atoms with E-state index in [4.69, 9.17) is 0 Å². The minimum Gasteiger partial charge on any atom is -0.352 e. The third kappa shape index (κ3) is 6.27. The molecule has 3 amide bonds. The molecule has 3 N–H and O–H groups in total. The van der Waals surface area contributed by atoms with Crippen LogP contribution in [-0.2, 0) is 21.2 Å². The topological polar surface area (TPSA) is 104 Å². The average molecular weight is 339 g/mol. The van der Waals surface area contributed by atoms with Gasteiger partial charge in [0.15, 0.2) is 9.84 Å². The maximum Gasteiger partial charge on any atom is 0.315 e. The van der Waals surface area contributed by atoms with Crippen molar-refractivity contribution in [3.63, 3.8) is 0 Å². The molecule has 1 atom stereocenters. The lowest BCUT2D eigenvalue weighted by Crippen LogP contribution is -2.43. The summed E-state index contributed by atoms with van der Waals surface area (Å²) in [5.74, 6) is -0.0599. The third-order valence-electron chi connectivity index (χ3n) is 3.54. The minimum atomic E-state index is -3.02. The second-order valence-electron chi connectivity index (χ2n) is 5.51. The Morgan fingerprint density at radius 1 is 1.13 bits per heavy atom. The standard InChI is InChI=1S/C15H21N3O4S/c19-14(17-10-12-4-2-1-3-5-12)6-8-16-15(20)18-13-7-9-23(21,22)11-13/h1-5,13H,6-11H2,(H,17,19)(H2,16,18,20). The number of benzene rings is 1. The molecule has 0 bridgehead atoms. The molecule has 23 heavy (non-hydrogen) atoms. The number of nitrogens with one attached hydrogen (secondary N) is 3. The first kappa shape index (κ1) is 17.3. The lowest BCUT2D eigenvalue weighted by Gasteiger charge is -2.12. The summed E-state index contributed by atoms with van der Waals surface area (Å²) < 4.78 is 22.6. The molecule has 2 rings (SSSR count). The van der Waals surface area contributed by atoms with Crippen molar-refractivity contribution in [2.24, 2.45) is 0 Å². The van der Waals surface area contributed by atoms with Crippen molar-refractivity contribution in [3.8, 4) is 0 Å². The van der Waals surface area contributed by atoms with E-state index in [2.05, 4.69) is 16.0 Å². The highest BCUT2D eigenvalue weighted by Crippen LogP contribution is 2.10. The van der Waals surface area contributed by atoms with Crippen molar-refractivity contribution < 1.29 is 18.0 Å². The van der Waals surface area contributed by atoms with Gasteiger partial charge < -0.3 is 16.0 Å². The predicted octanol–water partition coefficient (Wildman–Crippen LogP) is 0.179. The highest BCUT2D eigenvalue weighted by Gasteiger charge is 2.28. The number of amides is 3. The Morgan fingerprint density at radius 2 is 1.87 bits per heavy atom. The molecule has 0 aliphatic carbocycles. The summed E-state index contributed by atoms with van der Waals surface area (Å²) in [6.45, 7) is 0.651. The Morgan fingerprint density at radius 3 is 2.52 bits per heavy atom. The second kappa shape index (κ2) is 7.96. The Labute approximate surface area is 135 Å². The van der Waals surface area contributed by atoms with Gasteiger partial charge in [0.1, 0.15) is 0 Å². The largest absolute Gasteiger partial charge is 0.352 e. The molecule has 1 aliphatic heterocycles. The van der Waals surface area contributed by atoms with Gasteiger partial charge in [-0.25, -0.2) is 13.2 Å². The van der Waals surface area contributed by atoms with Gasteiger partial charge in [0.25, 0.3) is 0 Å². The maximum absolute atomic E-state index is 11.7. The van der Waals surface area contributed by atoms with Crippen LogP contribution in [0.1, 0.15) is 18.4 Å². The number of hydrogen-bond donors (Lipinski definition) is 3. The van der Waals surface area contributed by atoms with Gasteiger partial charge in [0, 0.05) is 25.6 Å². The molecule has 1 heterocycles. The van der Waals surface area contributed by atoms with E-state index in [0.717, 1.165) is 5.56 Å². The van der Waals surface area contributed by atoms with E-state index in [1.54, 1.807) is 0 Å². The Hall–Kier alpha value is -2.09. The van der Waals surface area contributed by atoms with E-state index in [-0.39, 0.29) is 36.4 Å². The van der Waals surface area contributed by atoms with E-state index in [1.807, 2.05) is 30.3 Å². The zero-order valence-corrected chi connectivity index (χ0v) is 13.6. The van der Waals surface area contributed by atoms with E-state index >= 15 is 0 Å². The molecule has 126 valence electrons. The van der Waals surface area contributed by atoms with Crippen LogP contribution in [0, 0.1) is 0 Å². The summed E-state index contributed by atoms with van der Waals surface area (Å²) in [5.41, 5.74) is 1.01. The van der Waals surface area contributed by atoms with Crippen LogP contribution in [0.5, 0.6) is 0 Å². The molecule has 1 saturated heterocycles. The fraction of sp³-hybridized carbons (Fsp3) is 0.467. The molecule has 1 aliphatic rings. The minimum absolute atomic E-state index is 0.0159. The lowest BCUT2D eigenvalue weighted by molar-refractivity contribution is -0.121. The summed E-state index contributed by atoms with van der Waals surface area (Å²) >= 11 is 0. The van der Waals surface area contributed by atoms with Crippen LogP contribution in [0.3, 0.4) is 0 Å². The van der Waals surface area contributed by atoms with Gasteiger partial charge in [-0.1, -0.05) is 30.3 Å². The Kier molecular flexibility index (Phi) is 5.97. The van der Waals surface area contributed by atoms with Crippen LogP contribution < -0.4 is 16.0 Å². The Bertz CT molecular complexity index is 646. The number of rotatable bonds is 6. The fourth-order valence-electron chi connectivity index (χ4n) is 2.32. The first-order chi connectivity index (χ1) is 10.9. The first-order valence-electron chi connectivity index (χ1n) is 7.50. The van der Waals surface area contributed by atoms with Crippen molar-refractivity contribution in [1.29, 1.82) is 0 Å². The summed E-state index contributed by atoms with van der Waals surface area (Å²) in [4.78, 5) is 23.3. The second-order valence-corrected chi connectivity index (χ2v) is 7.74. The van der Waals surface area contributed by atoms with Crippen LogP contribution in [0.25, 0.3) is 0 Å². The predicted molar refractivity (Wildman–Crippen MR) is 86.5 cm³/mol. The van der Waals surface area contributed by atoms with Crippen LogP contribution in [0.4, 0.5) is 4.79 Å². The molecule has 7 nitrogen and oxygen atoms in total. The molecule has 0 spiro atoms. The lowest BCUT2D eigenvalue weighted by atomic mass is 10.2. The van der Waals surface area contributed by atoms with Gasteiger partial charge in [0.05, 0.1) is 11.5 Å². The van der Waals surface area contributed by atoms with Gasteiger partial charge in [-0.3, -0.25) is 4.79 Å². The summed E-state index contributed by atoms with van der Waals surface area (Å²) in [5, 5.41) is 7.93. The van der Waals surface area contributed by atoms with Crippen molar-refractivity contribution in [3.05, 3.63) is 35.9 Å². The first-order valence-corrected chi connectivity index (χ1v) is 9.32. The summed E-state index contributed by atoms with van der Waals surface area (Å²) in [6.07, 6.45) is 0.608. The third-order valence-corrected chi connectivity index (χ3v) is 5.31. The average Bonchev–Trinajstić information content (AvgIpc) is 2.85. The molecule has 1 unspecified atom stereocenters. The summed E-state index contributed by atoms with van der Waals surface area (Å²) in [7, 11) is -3.02. The van der Waals surface area contributed by atoms with Crippen molar-refractivity contribution in [1.82, 2.24) is 16.0 Å². The molecule has 0 aromatic heterocycles. The molecule has 8 heteroatoms. The van der Waals surface area contributed by atoms with Crippen molar-refractivity contribution in [2.75, 3.05) is 18.1 Å². The smallest absolute Gasteiger partial charge is 0.315 e. The van der Waals surface area contributed by atoms with E-state index in [1.165, 1.54) is 0 Å². The SMILES string of the molecule is O=C(CCNC(=O)NC1CCS(=O)(=O)C1)NCc1ccccc1. The van der Waals surface area contributed by atoms with Crippen LogP contribution in [-0.4, -0.2) is 44.4 Å². The number of hydrogen-bond acceptors (Lipinski definition) is 4. The Balaban J connectivity index is 1.59. The molecular formula is C15H21N3O4S. The molecule has 0 saturated carbocycles. The zero-order valence-electron chi connectivity index (χ0n) is 12.7. The van der Waals surface area contributed by atoms with Gasteiger partial charge in [-0.05, 0) is 12.0 Å². The van der Waals surface area contributed by atoms with E-state index in [0.29, 0.717) is 13.0 Å². The highest BCUT2D eigenvalue weighted by atomic mass is 32.2. The van der Waals surface area contributed by atoms with Crippen molar-refractivity contribution in [2.45, 2.75) is 25.4 Å². The monoisotopic (exact) mass is 339 g/mol. The van der Waals surface area contributed by atoms with Crippen LogP contribution >= 0.6 is 0 Å². The molecule has 1 aromatic rings. The molecule has 1 fully saturated rings. The normalized spacial score (nSPS) is 19.0. The maximum atomic E-state index is 11.7. The van der Waals surface area contributed by atoms with Crippen LogP contribution in [0.15, 0.2) is 30.3 Å². The zero-order chi connectivity index (χ0) is 16.7. The van der Waals surface area contributed by atoms with Crippen molar-refractivity contribution >= 4 is 21.8 Å². The quantitative estimate of drug-likeness (QED) is 0.687. The van der Waals surface area contributed by atoms with Crippen LogP contribution in [0.2, 0.25) is 0 Å². The van der Waals surface area contributed by atoms with Gasteiger partial charge in [-0.15, -0.1) is 0 Å². The number of carbonyl (C=O) groups is 2. The molecular weight excluding hydrogens is 318 g/mol. The summed E-state index contributed by atoms with van der Waals surface area (Å²) in [6, 6.07) is 8.76. The van der Waals surface area contributed by atoms with E-state index < -0.39 is 15.9 Å². The number of urea groups is 1. The number of carbonyl (C=O) groups excluding carboxylic acids is 2. The molecule has 1 aromatic carbocycles.